The van der Waals surface area contributed by atoms with Crippen LogP contribution in [0.5, 0.6) is 0 Å². The largest absolute Gasteiger partial charge is 0.361 e. The molecule has 6 aromatic rings. The molecule has 0 spiro atoms. The fourth-order valence-corrected chi connectivity index (χ4v) is 6.20. The van der Waals surface area contributed by atoms with Crippen LogP contribution in [0.3, 0.4) is 0 Å². The second-order valence-electron chi connectivity index (χ2n) is 8.41. The molecular weight excluding hydrogens is 508 g/mol. The minimum Gasteiger partial charge on any atom is -0.361 e. The van der Waals surface area contributed by atoms with E-state index in [1.165, 1.54) is 32.1 Å². The van der Waals surface area contributed by atoms with E-state index < -0.39 is 9.84 Å². The van der Waals surface area contributed by atoms with Gasteiger partial charge in [-0.25, -0.2) is 8.42 Å². The Balaban J connectivity index is 0.000000120. The molecule has 188 valence electrons. The van der Waals surface area contributed by atoms with E-state index in [0.717, 1.165) is 0 Å². The van der Waals surface area contributed by atoms with Gasteiger partial charge in [0.1, 0.15) is 0 Å². The smallest absolute Gasteiger partial charge is 0.206 e. The lowest BCUT2D eigenvalue weighted by Gasteiger charge is -2.19. The highest BCUT2D eigenvalue weighted by Gasteiger charge is 2.16. The number of anilines is 2. The maximum atomic E-state index is 12.0. The average molecular weight is 535 g/mol. The lowest BCUT2D eigenvalue weighted by Crippen LogP contribution is -2.00. The number of benzene rings is 5. The maximum absolute atomic E-state index is 12.0. The Bertz CT molecular complexity index is 1570. The molecule has 0 fully saturated rings. The van der Waals surface area contributed by atoms with E-state index in [-0.39, 0.29) is 0 Å². The van der Waals surface area contributed by atoms with Crippen LogP contribution in [-0.2, 0) is 9.84 Å². The Morgan fingerprint density at radius 2 is 0.974 bits per heavy atom. The molecule has 0 radical (unpaired) electrons. The zero-order chi connectivity index (χ0) is 26.2. The molecule has 0 saturated heterocycles. The fraction of sp³-hybridized carbons (Fsp3) is 0. The van der Waals surface area contributed by atoms with E-state index in [4.69, 9.17) is 0 Å². The predicted molar refractivity (Wildman–Crippen MR) is 157 cm³/mol. The lowest BCUT2D eigenvalue weighted by atomic mass is 10.2. The van der Waals surface area contributed by atoms with Crippen LogP contribution in [-0.4, -0.2) is 13.4 Å². The highest BCUT2D eigenvalue weighted by Crippen LogP contribution is 2.43. The number of sulfone groups is 1. The third-order valence-electron chi connectivity index (χ3n) is 5.83. The van der Waals surface area contributed by atoms with Crippen LogP contribution in [0.4, 0.5) is 11.4 Å². The van der Waals surface area contributed by atoms with Crippen molar-refractivity contribution in [1.29, 1.82) is 0 Å². The summed E-state index contributed by atoms with van der Waals surface area (Å²) in [7, 11) is -3.34. The molecule has 1 aliphatic heterocycles. The van der Waals surface area contributed by atoms with Gasteiger partial charge in [0.15, 0.2) is 0 Å². The molecular formula is C32H26N2O2S2. The van der Waals surface area contributed by atoms with Crippen molar-refractivity contribution in [3.05, 3.63) is 146 Å². The number of rotatable bonds is 2. The van der Waals surface area contributed by atoms with Crippen molar-refractivity contribution in [2.45, 2.75) is 19.6 Å². The molecule has 38 heavy (non-hydrogen) atoms. The second kappa shape index (κ2) is 11.9. The van der Waals surface area contributed by atoms with Gasteiger partial charge in [-0.1, -0.05) is 90.6 Å². The summed E-state index contributed by atoms with van der Waals surface area (Å²) in [5.41, 5.74) is 3.62. The minimum atomic E-state index is -3.34. The number of nitrogens with one attached hydrogen (secondary N) is 2. The summed E-state index contributed by atoms with van der Waals surface area (Å²) < 4.78 is 24.1. The molecule has 0 saturated carbocycles. The van der Waals surface area contributed by atoms with Crippen LogP contribution in [0.1, 0.15) is 0 Å². The Hall–Kier alpha value is -4.26. The molecule has 6 heteroatoms. The van der Waals surface area contributed by atoms with Gasteiger partial charge in [0.05, 0.1) is 21.2 Å². The van der Waals surface area contributed by atoms with Gasteiger partial charge in [-0.15, -0.1) is 0 Å². The molecule has 0 bridgehead atoms. The predicted octanol–water partition coefficient (Wildman–Crippen LogP) is 8.58. The standard InChI is InChI=1S/C12H9NS.C12H10O2S.C8H7N/c1-3-7-11-9(5-1)13-10-6-2-4-8-12(10)14-11;13-15(14,11-7-3-1-4-8-11)12-9-5-2-6-10-12;1-2-4-8-7(3-1)5-6-9-8/h1-8,13H;1-10H;1-6,9H. The molecule has 0 atom stereocenters. The van der Waals surface area contributed by atoms with Crippen molar-refractivity contribution in [3.8, 4) is 0 Å². The van der Waals surface area contributed by atoms with Gasteiger partial charge >= 0.3 is 0 Å². The van der Waals surface area contributed by atoms with Crippen LogP contribution >= 0.6 is 11.8 Å². The number of H-pyrrole nitrogens is 1. The number of aromatic nitrogens is 1. The van der Waals surface area contributed by atoms with E-state index >= 15 is 0 Å². The third kappa shape index (κ3) is 5.99. The molecule has 1 aliphatic rings. The molecule has 0 unspecified atom stereocenters. The number of hydrogen-bond acceptors (Lipinski definition) is 4. The van der Waals surface area contributed by atoms with Crippen molar-refractivity contribution >= 4 is 43.9 Å². The van der Waals surface area contributed by atoms with Crippen LogP contribution in [0, 0.1) is 0 Å². The first-order chi connectivity index (χ1) is 18.6. The molecule has 2 heterocycles. The van der Waals surface area contributed by atoms with E-state index in [1.807, 2.05) is 30.1 Å². The number of fused-ring (bicyclic) bond motifs is 3. The number of hydrogen-bond donors (Lipinski definition) is 2. The van der Waals surface area contributed by atoms with Crippen molar-refractivity contribution in [2.24, 2.45) is 0 Å². The van der Waals surface area contributed by atoms with E-state index in [9.17, 15) is 8.42 Å². The normalized spacial score (nSPS) is 11.5. The summed E-state index contributed by atoms with van der Waals surface area (Å²) in [4.78, 5) is 6.37. The van der Waals surface area contributed by atoms with Gasteiger partial charge in [0.2, 0.25) is 9.84 Å². The summed E-state index contributed by atoms with van der Waals surface area (Å²) in [5.74, 6) is 0. The SMILES string of the molecule is O=S(=O)(c1ccccc1)c1ccccc1.c1ccc2[nH]ccc2c1.c1ccc2c(c1)Nc1ccccc1S2. The summed E-state index contributed by atoms with van der Waals surface area (Å²) in [6, 6.07) is 43.9. The van der Waals surface area contributed by atoms with Gasteiger partial charge in [-0.3, -0.25) is 0 Å². The van der Waals surface area contributed by atoms with Gasteiger partial charge in [0, 0.05) is 21.5 Å². The van der Waals surface area contributed by atoms with Gasteiger partial charge in [0.25, 0.3) is 0 Å². The highest BCUT2D eigenvalue weighted by molar-refractivity contribution is 7.99. The van der Waals surface area contributed by atoms with E-state index in [1.54, 1.807) is 60.7 Å². The van der Waals surface area contributed by atoms with Gasteiger partial charge in [-0.05, 0) is 66.0 Å². The molecule has 1 aromatic heterocycles. The first kappa shape index (κ1) is 25.4. The summed E-state index contributed by atoms with van der Waals surface area (Å²) >= 11 is 1.82. The van der Waals surface area contributed by atoms with Crippen molar-refractivity contribution < 1.29 is 8.42 Å². The van der Waals surface area contributed by atoms with E-state index in [0.29, 0.717) is 9.79 Å². The summed E-state index contributed by atoms with van der Waals surface area (Å²) in [5, 5.41) is 4.70. The first-order valence-corrected chi connectivity index (χ1v) is 14.4. The topological polar surface area (TPSA) is 62.0 Å². The summed E-state index contributed by atoms with van der Waals surface area (Å²) in [6.45, 7) is 0. The number of para-hydroxylation sites is 3. The molecule has 0 aliphatic carbocycles. The zero-order valence-corrected chi connectivity index (χ0v) is 22.1. The molecule has 2 N–H and O–H groups in total. The lowest BCUT2D eigenvalue weighted by molar-refractivity contribution is 0.596. The van der Waals surface area contributed by atoms with E-state index in [2.05, 4.69) is 77.0 Å². The summed E-state index contributed by atoms with van der Waals surface area (Å²) in [6.07, 6.45) is 1.95. The van der Waals surface area contributed by atoms with Crippen molar-refractivity contribution in [2.75, 3.05) is 5.32 Å². The second-order valence-corrected chi connectivity index (χ2v) is 11.4. The van der Waals surface area contributed by atoms with Crippen LogP contribution in [0.25, 0.3) is 10.9 Å². The molecule has 0 amide bonds. The van der Waals surface area contributed by atoms with Crippen molar-refractivity contribution in [1.82, 2.24) is 4.98 Å². The monoisotopic (exact) mass is 534 g/mol. The highest BCUT2D eigenvalue weighted by atomic mass is 32.2. The minimum absolute atomic E-state index is 0.330. The molecule has 5 aromatic carbocycles. The molecule has 4 nitrogen and oxygen atoms in total. The Morgan fingerprint density at radius 1 is 0.500 bits per heavy atom. The Labute approximate surface area is 227 Å². The Kier molecular flexibility index (Phi) is 7.92. The van der Waals surface area contributed by atoms with Gasteiger partial charge < -0.3 is 10.3 Å². The zero-order valence-electron chi connectivity index (χ0n) is 20.5. The first-order valence-electron chi connectivity index (χ1n) is 12.1. The van der Waals surface area contributed by atoms with Crippen LogP contribution < -0.4 is 5.32 Å². The van der Waals surface area contributed by atoms with Crippen LogP contribution in [0.15, 0.2) is 165 Å². The fourth-order valence-electron chi connectivity index (χ4n) is 3.91. The molecule has 7 rings (SSSR count). The Morgan fingerprint density at radius 3 is 1.53 bits per heavy atom. The third-order valence-corrected chi connectivity index (χ3v) is 8.77. The van der Waals surface area contributed by atoms with Crippen molar-refractivity contribution in [3.63, 3.8) is 0 Å². The maximum Gasteiger partial charge on any atom is 0.206 e. The average Bonchev–Trinajstić information content (AvgIpc) is 3.47. The number of aromatic amines is 1. The van der Waals surface area contributed by atoms with Crippen LogP contribution in [0.2, 0.25) is 0 Å². The quantitative estimate of drug-likeness (QED) is 0.233. The van der Waals surface area contributed by atoms with Gasteiger partial charge in [-0.2, -0.15) is 0 Å².